The molecule has 0 unspecified atom stereocenters. The second-order valence-electron chi connectivity index (χ2n) is 18.3. The third-order valence-electron chi connectivity index (χ3n) is 14.5. The van der Waals surface area contributed by atoms with E-state index in [1.807, 2.05) is 6.07 Å². The third kappa shape index (κ3) is 6.28. The van der Waals surface area contributed by atoms with Crippen molar-refractivity contribution in [2.75, 3.05) is 4.90 Å². The van der Waals surface area contributed by atoms with Crippen molar-refractivity contribution in [3.63, 3.8) is 0 Å². The molecule has 0 bridgehead atoms. The lowest BCUT2D eigenvalue weighted by Crippen LogP contribution is -2.11. The zero-order chi connectivity index (χ0) is 45.4. The van der Waals surface area contributed by atoms with E-state index in [1.165, 1.54) is 76.9 Å². The second kappa shape index (κ2) is 15.9. The minimum absolute atomic E-state index is 0.888. The zero-order valence-corrected chi connectivity index (χ0v) is 37.8. The number of aromatic nitrogens is 1. The summed E-state index contributed by atoms with van der Waals surface area (Å²) in [5.41, 5.74) is 17.0. The molecule has 1 aliphatic rings. The Morgan fingerprint density at radius 3 is 1.80 bits per heavy atom. The molecule has 3 nitrogen and oxygen atoms in total. The van der Waals surface area contributed by atoms with Crippen LogP contribution >= 0.6 is 0 Å². The lowest BCUT2D eigenvalue weighted by Gasteiger charge is -2.29. The summed E-state index contributed by atoms with van der Waals surface area (Å²) in [6, 6.07) is 84.2. The SMILES string of the molecule is C1=Cc2c(n(-c3cc(-c4ccccc4)ccc3-c3ccc(N(c4ccc5c6ccccc6c6ccccc6c5c4)c4ccccc4-c4cccc5c4oc4ccccc45)cc3)c3ccccc23)CC1. The molecule has 0 spiro atoms. The van der Waals surface area contributed by atoms with E-state index in [4.69, 9.17) is 4.42 Å². The number of hydrogen-bond donors (Lipinski definition) is 0. The second-order valence-corrected chi connectivity index (χ2v) is 18.3. The molecule has 14 rings (SSSR count). The highest BCUT2D eigenvalue weighted by Crippen LogP contribution is 2.47. The summed E-state index contributed by atoms with van der Waals surface area (Å²) < 4.78 is 9.25. The summed E-state index contributed by atoms with van der Waals surface area (Å²) in [5, 5.41) is 11.0. The van der Waals surface area contributed by atoms with Crippen molar-refractivity contribution in [1.29, 1.82) is 0 Å². The lowest BCUT2D eigenvalue weighted by molar-refractivity contribution is 0.670. The molecule has 0 saturated heterocycles. The van der Waals surface area contributed by atoms with Crippen molar-refractivity contribution in [3.05, 3.63) is 248 Å². The molecule has 11 aromatic carbocycles. The van der Waals surface area contributed by atoms with E-state index >= 15 is 0 Å². The first kappa shape index (κ1) is 39.3. The summed E-state index contributed by atoms with van der Waals surface area (Å²) in [7, 11) is 0. The molecule has 13 aromatic rings. The van der Waals surface area contributed by atoms with Crippen LogP contribution in [0.5, 0.6) is 0 Å². The number of furan rings is 1. The summed E-state index contributed by atoms with van der Waals surface area (Å²) >= 11 is 0. The summed E-state index contributed by atoms with van der Waals surface area (Å²) in [6.07, 6.45) is 6.66. The van der Waals surface area contributed by atoms with Crippen LogP contribution in [-0.2, 0) is 6.42 Å². The van der Waals surface area contributed by atoms with Gasteiger partial charge in [-0.3, -0.25) is 0 Å². The Morgan fingerprint density at radius 1 is 0.391 bits per heavy atom. The van der Waals surface area contributed by atoms with Gasteiger partial charge in [-0.25, -0.2) is 0 Å². The molecule has 0 radical (unpaired) electrons. The van der Waals surface area contributed by atoms with Gasteiger partial charge in [0.1, 0.15) is 11.2 Å². The van der Waals surface area contributed by atoms with Crippen LogP contribution in [0.25, 0.3) is 110 Å². The highest BCUT2D eigenvalue weighted by molar-refractivity contribution is 6.26. The fraction of sp³-hybridized carbons (Fsp3) is 0.0303. The fourth-order valence-corrected chi connectivity index (χ4v) is 11.3. The van der Waals surface area contributed by atoms with Gasteiger partial charge in [-0.05, 0) is 110 Å². The van der Waals surface area contributed by atoms with Crippen molar-refractivity contribution in [2.24, 2.45) is 0 Å². The van der Waals surface area contributed by atoms with Crippen molar-refractivity contribution in [3.8, 4) is 39.1 Å². The van der Waals surface area contributed by atoms with Gasteiger partial charge in [-0.15, -0.1) is 0 Å². The van der Waals surface area contributed by atoms with E-state index in [0.29, 0.717) is 0 Å². The monoisotopic (exact) mass is 880 g/mol. The number of para-hydroxylation sites is 4. The molecule has 0 saturated carbocycles. The number of rotatable bonds is 7. The highest BCUT2D eigenvalue weighted by atomic mass is 16.3. The zero-order valence-electron chi connectivity index (χ0n) is 37.8. The Hall–Kier alpha value is -8.92. The molecule has 0 amide bonds. The lowest BCUT2D eigenvalue weighted by atomic mass is 9.93. The van der Waals surface area contributed by atoms with Crippen molar-refractivity contribution in [2.45, 2.75) is 12.8 Å². The molecule has 0 atom stereocenters. The predicted octanol–water partition coefficient (Wildman–Crippen LogP) is 18.4. The van der Waals surface area contributed by atoms with Gasteiger partial charge in [-0.1, -0.05) is 194 Å². The van der Waals surface area contributed by atoms with Gasteiger partial charge >= 0.3 is 0 Å². The Kier molecular flexibility index (Phi) is 9.03. The van der Waals surface area contributed by atoms with Crippen molar-refractivity contribution in [1.82, 2.24) is 4.57 Å². The number of fused-ring (bicyclic) bond motifs is 12. The number of anilines is 3. The first-order valence-corrected chi connectivity index (χ1v) is 24.0. The van der Waals surface area contributed by atoms with E-state index < -0.39 is 0 Å². The minimum atomic E-state index is 0.888. The smallest absolute Gasteiger partial charge is 0.143 e. The molecule has 0 fully saturated rings. The van der Waals surface area contributed by atoms with E-state index in [0.717, 1.165) is 68.5 Å². The van der Waals surface area contributed by atoms with Crippen LogP contribution in [0.4, 0.5) is 17.1 Å². The van der Waals surface area contributed by atoms with Crippen molar-refractivity contribution >= 4 is 88.3 Å². The van der Waals surface area contributed by atoms with Crippen molar-refractivity contribution < 1.29 is 4.42 Å². The van der Waals surface area contributed by atoms with E-state index in [2.05, 4.69) is 246 Å². The van der Waals surface area contributed by atoms with Gasteiger partial charge in [0, 0.05) is 55.5 Å². The molecule has 2 heterocycles. The maximum atomic E-state index is 6.71. The maximum absolute atomic E-state index is 6.71. The molecule has 3 heteroatoms. The Morgan fingerprint density at radius 2 is 1.00 bits per heavy atom. The average molecular weight is 881 g/mol. The van der Waals surface area contributed by atoms with Crippen LogP contribution < -0.4 is 4.90 Å². The molecule has 69 heavy (non-hydrogen) atoms. The number of benzene rings is 11. The van der Waals surface area contributed by atoms with Gasteiger partial charge in [0.2, 0.25) is 0 Å². The van der Waals surface area contributed by atoms with Gasteiger partial charge in [-0.2, -0.15) is 0 Å². The molecular formula is C66H44N2O. The van der Waals surface area contributed by atoms with Crippen LogP contribution in [0.1, 0.15) is 17.7 Å². The van der Waals surface area contributed by atoms with Crippen LogP contribution in [0.15, 0.2) is 241 Å². The Balaban J connectivity index is 0.986. The maximum Gasteiger partial charge on any atom is 0.143 e. The number of allylic oxidation sites excluding steroid dienone is 1. The van der Waals surface area contributed by atoms with Gasteiger partial charge < -0.3 is 13.9 Å². The average Bonchev–Trinajstić information content (AvgIpc) is 3.98. The predicted molar refractivity (Wildman–Crippen MR) is 291 cm³/mol. The van der Waals surface area contributed by atoms with E-state index in [1.54, 1.807) is 0 Å². The van der Waals surface area contributed by atoms with Gasteiger partial charge in [0.15, 0.2) is 0 Å². The van der Waals surface area contributed by atoms with E-state index in [9.17, 15) is 0 Å². The van der Waals surface area contributed by atoms with Crippen LogP contribution in [0.3, 0.4) is 0 Å². The first-order chi connectivity index (χ1) is 34.2. The summed E-state index contributed by atoms with van der Waals surface area (Å²) in [4.78, 5) is 2.44. The summed E-state index contributed by atoms with van der Waals surface area (Å²) in [5.74, 6) is 0. The fourth-order valence-electron chi connectivity index (χ4n) is 11.3. The molecular weight excluding hydrogens is 837 g/mol. The molecule has 0 aliphatic heterocycles. The quantitative estimate of drug-likeness (QED) is 0.149. The summed E-state index contributed by atoms with van der Waals surface area (Å²) in [6.45, 7) is 0. The normalized spacial score (nSPS) is 12.5. The highest BCUT2D eigenvalue weighted by Gasteiger charge is 2.24. The molecule has 2 aromatic heterocycles. The Bertz CT molecular complexity index is 4160. The van der Waals surface area contributed by atoms with Crippen LogP contribution in [0, 0.1) is 0 Å². The number of nitrogens with zero attached hydrogens (tertiary/aromatic N) is 2. The Labute approximate surface area is 400 Å². The van der Waals surface area contributed by atoms with E-state index in [-0.39, 0.29) is 0 Å². The largest absolute Gasteiger partial charge is 0.455 e. The van der Waals surface area contributed by atoms with Crippen LogP contribution in [0.2, 0.25) is 0 Å². The standard InChI is InChI=1S/C66H44N2O/c1-2-17-43(18-3-1)45-35-39-48(64(41-45)68-62-30-13-8-23-54(62)55-24-9-14-31-63(55)68)44-33-36-46(37-34-44)67(47-38-40-53-51-21-5-4-19-49(51)50-20-6-7-22-52(50)60(53)42-47)61-29-12-10-25-56(61)58-27-16-28-59-57-26-11-15-32-65(57)69-66(58)59/h1-13,15-30,32-42H,14,31H2. The number of hydrogen-bond acceptors (Lipinski definition) is 2. The minimum Gasteiger partial charge on any atom is -0.455 e. The molecule has 324 valence electrons. The van der Waals surface area contributed by atoms with Gasteiger partial charge in [0.25, 0.3) is 0 Å². The third-order valence-corrected chi connectivity index (χ3v) is 14.5. The topological polar surface area (TPSA) is 21.3 Å². The van der Waals surface area contributed by atoms with Gasteiger partial charge in [0.05, 0.1) is 16.9 Å². The van der Waals surface area contributed by atoms with Crippen LogP contribution in [-0.4, -0.2) is 4.57 Å². The molecule has 0 N–H and O–H groups in total. The first-order valence-electron chi connectivity index (χ1n) is 24.0. The molecule has 1 aliphatic carbocycles.